The van der Waals surface area contributed by atoms with Crippen LogP contribution in [0, 0.1) is 0 Å². The summed E-state index contributed by atoms with van der Waals surface area (Å²) in [6.07, 6.45) is 5.93. The fourth-order valence-corrected chi connectivity index (χ4v) is 3.58. The SMILES string of the molecule is CCCOc1ccc(N2C3CCC2CC(N)C3)cc1. The molecule has 2 saturated heterocycles. The maximum absolute atomic E-state index is 6.13. The van der Waals surface area contributed by atoms with Crippen molar-refractivity contribution in [3.8, 4) is 5.75 Å². The summed E-state index contributed by atoms with van der Waals surface area (Å²) in [6, 6.07) is 10.3. The fraction of sp³-hybridized carbons (Fsp3) is 0.625. The molecule has 19 heavy (non-hydrogen) atoms. The molecule has 2 aliphatic heterocycles. The summed E-state index contributed by atoms with van der Waals surface area (Å²) in [7, 11) is 0. The minimum absolute atomic E-state index is 0.404. The van der Waals surface area contributed by atoms with Crippen molar-refractivity contribution in [3.63, 3.8) is 0 Å². The lowest BCUT2D eigenvalue weighted by Gasteiger charge is -2.39. The van der Waals surface area contributed by atoms with Crippen LogP contribution >= 0.6 is 0 Å². The van der Waals surface area contributed by atoms with E-state index in [1.54, 1.807) is 0 Å². The molecule has 1 aromatic carbocycles. The first-order chi connectivity index (χ1) is 9.28. The molecule has 0 aliphatic carbocycles. The quantitative estimate of drug-likeness (QED) is 0.904. The van der Waals surface area contributed by atoms with E-state index in [4.69, 9.17) is 10.5 Å². The average Bonchev–Trinajstić information content (AvgIpc) is 2.69. The lowest BCUT2D eigenvalue weighted by molar-refractivity contribution is 0.317. The lowest BCUT2D eigenvalue weighted by atomic mass is 9.97. The van der Waals surface area contributed by atoms with Crippen LogP contribution in [0.5, 0.6) is 5.75 Å². The third-order valence-corrected chi connectivity index (χ3v) is 4.38. The molecule has 2 fully saturated rings. The molecule has 2 heterocycles. The second-order valence-corrected chi connectivity index (χ2v) is 5.87. The number of nitrogens with zero attached hydrogens (tertiary/aromatic N) is 1. The largest absolute Gasteiger partial charge is 0.494 e. The van der Waals surface area contributed by atoms with Crippen LogP contribution in [0.2, 0.25) is 0 Å². The third-order valence-electron chi connectivity index (χ3n) is 4.38. The molecule has 3 heteroatoms. The average molecular weight is 260 g/mol. The first-order valence-electron chi connectivity index (χ1n) is 7.54. The van der Waals surface area contributed by atoms with Crippen molar-refractivity contribution >= 4 is 5.69 Å². The smallest absolute Gasteiger partial charge is 0.119 e. The van der Waals surface area contributed by atoms with Gasteiger partial charge >= 0.3 is 0 Å². The number of ether oxygens (including phenoxy) is 1. The molecule has 104 valence electrons. The number of nitrogens with two attached hydrogens (primary N) is 1. The number of anilines is 1. The Balaban J connectivity index is 1.72. The van der Waals surface area contributed by atoms with E-state index in [1.165, 1.54) is 18.5 Å². The van der Waals surface area contributed by atoms with Crippen molar-refractivity contribution in [1.82, 2.24) is 0 Å². The first-order valence-corrected chi connectivity index (χ1v) is 7.54. The van der Waals surface area contributed by atoms with Crippen LogP contribution in [-0.2, 0) is 0 Å². The Morgan fingerprint density at radius 2 is 1.79 bits per heavy atom. The predicted molar refractivity (Wildman–Crippen MR) is 78.7 cm³/mol. The number of hydrogen-bond acceptors (Lipinski definition) is 3. The molecule has 2 unspecified atom stereocenters. The minimum atomic E-state index is 0.404. The van der Waals surface area contributed by atoms with Crippen LogP contribution in [0.3, 0.4) is 0 Å². The highest BCUT2D eigenvalue weighted by Gasteiger charge is 2.39. The molecular formula is C16H24N2O. The monoisotopic (exact) mass is 260 g/mol. The molecule has 0 spiro atoms. The standard InChI is InChI=1S/C16H24N2O/c1-2-9-19-16-7-5-13(6-8-16)18-14-3-4-15(18)11-12(17)10-14/h5-8,12,14-15H,2-4,9-11,17H2,1H3. The minimum Gasteiger partial charge on any atom is -0.494 e. The molecule has 0 saturated carbocycles. The Morgan fingerprint density at radius 1 is 1.16 bits per heavy atom. The molecule has 3 nitrogen and oxygen atoms in total. The highest BCUT2D eigenvalue weighted by atomic mass is 16.5. The highest BCUT2D eigenvalue weighted by Crippen LogP contribution is 2.39. The molecule has 2 aliphatic rings. The maximum atomic E-state index is 6.13. The van der Waals surface area contributed by atoms with Gasteiger partial charge in [-0.1, -0.05) is 6.92 Å². The van der Waals surface area contributed by atoms with Crippen molar-refractivity contribution in [1.29, 1.82) is 0 Å². The van der Waals surface area contributed by atoms with Crippen LogP contribution < -0.4 is 15.4 Å². The zero-order chi connectivity index (χ0) is 13.2. The summed E-state index contributed by atoms with van der Waals surface area (Å²) in [4.78, 5) is 2.59. The Bertz CT molecular complexity index is 403. The van der Waals surface area contributed by atoms with E-state index in [-0.39, 0.29) is 0 Å². The number of rotatable bonds is 4. The maximum Gasteiger partial charge on any atom is 0.119 e. The molecule has 1 aromatic rings. The van der Waals surface area contributed by atoms with Crippen LogP contribution in [0.4, 0.5) is 5.69 Å². The van der Waals surface area contributed by atoms with Crippen LogP contribution in [0.1, 0.15) is 39.0 Å². The van der Waals surface area contributed by atoms with Crippen LogP contribution in [0.15, 0.2) is 24.3 Å². The second-order valence-electron chi connectivity index (χ2n) is 5.87. The zero-order valence-corrected chi connectivity index (χ0v) is 11.7. The first kappa shape index (κ1) is 12.8. The van der Waals surface area contributed by atoms with E-state index in [0.717, 1.165) is 31.6 Å². The van der Waals surface area contributed by atoms with Gasteiger partial charge in [-0.15, -0.1) is 0 Å². The van der Waals surface area contributed by atoms with E-state index in [9.17, 15) is 0 Å². The van der Waals surface area contributed by atoms with Gasteiger partial charge in [0.2, 0.25) is 0 Å². The Morgan fingerprint density at radius 3 is 2.37 bits per heavy atom. The molecule has 0 amide bonds. The predicted octanol–water partition coefficient (Wildman–Crippen LogP) is 2.93. The van der Waals surface area contributed by atoms with Crippen molar-refractivity contribution in [2.24, 2.45) is 5.73 Å². The van der Waals surface area contributed by atoms with E-state index >= 15 is 0 Å². The normalized spacial score (nSPS) is 29.6. The number of hydrogen-bond donors (Lipinski definition) is 1. The van der Waals surface area contributed by atoms with Crippen LogP contribution in [0.25, 0.3) is 0 Å². The van der Waals surface area contributed by atoms with E-state index in [1.807, 2.05) is 0 Å². The molecule has 2 N–H and O–H groups in total. The van der Waals surface area contributed by atoms with Crippen molar-refractivity contribution < 1.29 is 4.74 Å². The van der Waals surface area contributed by atoms with Gasteiger partial charge < -0.3 is 15.4 Å². The molecule has 2 atom stereocenters. The number of piperidine rings is 1. The molecule has 0 aromatic heterocycles. The van der Waals surface area contributed by atoms with Gasteiger partial charge in [-0.05, 0) is 56.4 Å². The molecule has 2 bridgehead atoms. The number of benzene rings is 1. The summed E-state index contributed by atoms with van der Waals surface area (Å²) in [6.45, 7) is 2.92. The fourth-order valence-electron chi connectivity index (χ4n) is 3.58. The van der Waals surface area contributed by atoms with Gasteiger partial charge in [-0.2, -0.15) is 0 Å². The van der Waals surface area contributed by atoms with Gasteiger partial charge in [0.05, 0.1) is 6.61 Å². The summed E-state index contributed by atoms with van der Waals surface area (Å²) < 4.78 is 5.65. The van der Waals surface area contributed by atoms with Gasteiger partial charge in [0.1, 0.15) is 5.75 Å². The molecule has 0 radical (unpaired) electrons. The van der Waals surface area contributed by atoms with E-state index in [2.05, 4.69) is 36.1 Å². The van der Waals surface area contributed by atoms with Crippen molar-refractivity contribution in [2.75, 3.05) is 11.5 Å². The third kappa shape index (κ3) is 2.57. The van der Waals surface area contributed by atoms with Crippen molar-refractivity contribution in [3.05, 3.63) is 24.3 Å². The summed E-state index contributed by atoms with van der Waals surface area (Å²) in [5, 5.41) is 0. The van der Waals surface area contributed by atoms with E-state index in [0.29, 0.717) is 18.1 Å². The molecular weight excluding hydrogens is 236 g/mol. The van der Waals surface area contributed by atoms with Gasteiger partial charge in [-0.3, -0.25) is 0 Å². The van der Waals surface area contributed by atoms with Crippen LogP contribution in [-0.4, -0.2) is 24.7 Å². The summed E-state index contributed by atoms with van der Waals surface area (Å²) in [5.74, 6) is 0.978. The Labute approximate surface area is 115 Å². The topological polar surface area (TPSA) is 38.5 Å². The van der Waals surface area contributed by atoms with Crippen molar-refractivity contribution in [2.45, 2.75) is 57.2 Å². The highest BCUT2D eigenvalue weighted by molar-refractivity contribution is 5.52. The summed E-state index contributed by atoms with van der Waals surface area (Å²) >= 11 is 0. The summed E-state index contributed by atoms with van der Waals surface area (Å²) in [5.41, 5.74) is 7.46. The van der Waals surface area contributed by atoms with Gasteiger partial charge in [0.15, 0.2) is 0 Å². The van der Waals surface area contributed by atoms with Gasteiger partial charge in [-0.25, -0.2) is 0 Å². The van der Waals surface area contributed by atoms with Gasteiger partial charge in [0.25, 0.3) is 0 Å². The zero-order valence-electron chi connectivity index (χ0n) is 11.7. The van der Waals surface area contributed by atoms with E-state index < -0.39 is 0 Å². The lowest BCUT2D eigenvalue weighted by Crippen LogP contribution is -2.47. The second kappa shape index (κ2) is 5.41. The molecule has 3 rings (SSSR count). The Kier molecular flexibility index (Phi) is 3.65. The van der Waals surface area contributed by atoms with Gasteiger partial charge in [0, 0.05) is 23.8 Å². The number of fused-ring (bicyclic) bond motifs is 2. The Hall–Kier alpha value is -1.22.